The standard InChI is InChI=1S/C25H22ClN3O2S/c1-2-29-24(31)20-10-6-7-11-21(20)27-25(29)32-16-22(30)28-23(17-8-4-3-5-9-17)18-12-14-19(26)15-13-18/h3-15,23H,2,16H2,1H3,(H,28,30). The predicted octanol–water partition coefficient (Wildman–Crippen LogP) is 5.07. The number of hydrogen-bond acceptors (Lipinski definition) is 4. The summed E-state index contributed by atoms with van der Waals surface area (Å²) >= 11 is 7.31. The second kappa shape index (κ2) is 10.0. The maximum Gasteiger partial charge on any atom is 0.262 e. The lowest BCUT2D eigenvalue weighted by Crippen LogP contribution is -2.31. The number of benzene rings is 3. The number of thioether (sulfide) groups is 1. The molecule has 162 valence electrons. The Morgan fingerprint density at radius 2 is 1.66 bits per heavy atom. The molecule has 0 saturated heterocycles. The second-order valence-corrected chi connectivity index (χ2v) is 8.59. The van der Waals surface area contributed by atoms with Gasteiger partial charge in [-0.05, 0) is 42.3 Å². The van der Waals surface area contributed by atoms with Crippen molar-refractivity contribution in [1.82, 2.24) is 14.9 Å². The van der Waals surface area contributed by atoms with E-state index >= 15 is 0 Å². The number of hydrogen-bond donors (Lipinski definition) is 1. The van der Waals surface area contributed by atoms with Crippen molar-refractivity contribution in [3.63, 3.8) is 0 Å². The summed E-state index contributed by atoms with van der Waals surface area (Å²) in [5, 5.41) is 4.87. The Kier molecular flexibility index (Phi) is 6.93. The van der Waals surface area contributed by atoms with E-state index in [2.05, 4.69) is 10.3 Å². The number of nitrogens with zero attached hydrogens (tertiary/aromatic N) is 2. The van der Waals surface area contributed by atoms with Crippen LogP contribution in [-0.2, 0) is 11.3 Å². The van der Waals surface area contributed by atoms with Gasteiger partial charge in [0.15, 0.2) is 5.16 Å². The van der Waals surface area contributed by atoms with Crippen LogP contribution in [0.2, 0.25) is 5.02 Å². The summed E-state index contributed by atoms with van der Waals surface area (Å²) in [5.74, 6) is -0.00862. The zero-order valence-corrected chi connectivity index (χ0v) is 19.1. The van der Waals surface area contributed by atoms with Gasteiger partial charge >= 0.3 is 0 Å². The molecule has 3 aromatic carbocycles. The van der Waals surface area contributed by atoms with Crippen molar-refractivity contribution in [3.8, 4) is 0 Å². The summed E-state index contributed by atoms with van der Waals surface area (Å²) in [5.41, 5.74) is 2.45. The van der Waals surface area contributed by atoms with Gasteiger partial charge in [-0.1, -0.05) is 78.0 Å². The summed E-state index contributed by atoms with van der Waals surface area (Å²) in [4.78, 5) is 30.3. The zero-order chi connectivity index (χ0) is 22.5. The molecule has 5 nitrogen and oxygen atoms in total. The Morgan fingerprint density at radius 1 is 1.00 bits per heavy atom. The van der Waals surface area contributed by atoms with Crippen LogP contribution in [0.3, 0.4) is 0 Å². The highest BCUT2D eigenvalue weighted by atomic mass is 35.5. The largest absolute Gasteiger partial charge is 0.344 e. The molecule has 0 saturated carbocycles. The fourth-order valence-electron chi connectivity index (χ4n) is 3.53. The van der Waals surface area contributed by atoms with E-state index in [9.17, 15) is 9.59 Å². The summed E-state index contributed by atoms with van der Waals surface area (Å²) in [6, 6.07) is 24.2. The highest BCUT2D eigenvalue weighted by molar-refractivity contribution is 7.99. The minimum atomic E-state index is -0.306. The van der Waals surface area contributed by atoms with Crippen molar-refractivity contribution in [3.05, 3.63) is 105 Å². The third-order valence-corrected chi connectivity index (χ3v) is 6.35. The van der Waals surface area contributed by atoms with Gasteiger partial charge in [-0.3, -0.25) is 14.2 Å². The minimum Gasteiger partial charge on any atom is -0.344 e. The first-order valence-electron chi connectivity index (χ1n) is 10.3. The van der Waals surface area contributed by atoms with Gasteiger partial charge in [0.25, 0.3) is 5.56 Å². The van der Waals surface area contributed by atoms with Gasteiger partial charge in [-0.25, -0.2) is 4.98 Å². The van der Waals surface area contributed by atoms with Crippen LogP contribution >= 0.6 is 23.4 Å². The van der Waals surface area contributed by atoms with Crippen LogP contribution in [0.4, 0.5) is 0 Å². The van der Waals surface area contributed by atoms with E-state index in [-0.39, 0.29) is 23.3 Å². The Labute approximate surface area is 195 Å². The molecule has 0 aliphatic rings. The lowest BCUT2D eigenvalue weighted by Gasteiger charge is -2.20. The molecule has 1 amide bonds. The molecule has 1 heterocycles. The average molecular weight is 464 g/mol. The van der Waals surface area contributed by atoms with E-state index in [0.29, 0.717) is 27.6 Å². The average Bonchev–Trinajstić information content (AvgIpc) is 2.82. The number of halogens is 1. The third kappa shape index (κ3) is 4.87. The first-order valence-corrected chi connectivity index (χ1v) is 11.7. The topological polar surface area (TPSA) is 64.0 Å². The molecule has 1 N–H and O–H groups in total. The van der Waals surface area contributed by atoms with Crippen LogP contribution in [0.25, 0.3) is 10.9 Å². The molecule has 1 unspecified atom stereocenters. The highest BCUT2D eigenvalue weighted by Gasteiger charge is 2.18. The van der Waals surface area contributed by atoms with Gasteiger partial charge in [-0.2, -0.15) is 0 Å². The van der Waals surface area contributed by atoms with Gasteiger partial charge in [0.05, 0.1) is 22.7 Å². The summed E-state index contributed by atoms with van der Waals surface area (Å²) in [6.45, 7) is 2.38. The van der Waals surface area contributed by atoms with Crippen molar-refractivity contribution in [2.24, 2.45) is 0 Å². The molecule has 0 aliphatic heterocycles. The molecular formula is C25H22ClN3O2S. The first-order chi connectivity index (χ1) is 15.6. The van der Waals surface area contributed by atoms with Crippen molar-refractivity contribution < 1.29 is 4.79 Å². The summed E-state index contributed by atoms with van der Waals surface area (Å²) in [6.07, 6.45) is 0. The first kappa shape index (κ1) is 22.1. The SMILES string of the molecule is CCn1c(SCC(=O)NC(c2ccccc2)c2ccc(Cl)cc2)nc2ccccc2c1=O. The fraction of sp³-hybridized carbons (Fsp3) is 0.160. The molecule has 0 fully saturated rings. The second-order valence-electron chi connectivity index (χ2n) is 7.21. The number of carbonyl (C=O) groups is 1. The van der Waals surface area contributed by atoms with Crippen molar-refractivity contribution in [2.45, 2.75) is 24.7 Å². The van der Waals surface area contributed by atoms with Crippen LogP contribution in [0.1, 0.15) is 24.1 Å². The van der Waals surface area contributed by atoms with Crippen LogP contribution in [0.15, 0.2) is 88.8 Å². The Hall–Kier alpha value is -3.09. The number of fused-ring (bicyclic) bond motifs is 1. The van der Waals surface area contributed by atoms with Crippen LogP contribution < -0.4 is 10.9 Å². The van der Waals surface area contributed by atoms with Gasteiger partial charge in [0.2, 0.25) is 5.91 Å². The van der Waals surface area contributed by atoms with Crippen LogP contribution in [0, 0.1) is 0 Å². The molecule has 0 aliphatic carbocycles. The summed E-state index contributed by atoms with van der Waals surface area (Å²) < 4.78 is 1.61. The molecule has 7 heteroatoms. The van der Waals surface area contributed by atoms with Crippen molar-refractivity contribution >= 4 is 40.2 Å². The molecule has 0 bridgehead atoms. The summed E-state index contributed by atoms with van der Waals surface area (Å²) in [7, 11) is 0. The molecule has 4 rings (SSSR count). The predicted molar refractivity (Wildman–Crippen MR) is 130 cm³/mol. The van der Waals surface area contributed by atoms with E-state index < -0.39 is 0 Å². The maximum atomic E-state index is 12.9. The third-order valence-electron chi connectivity index (χ3n) is 5.12. The molecule has 0 radical (unpaired) electrons. The van der Waals surface area contributed by atoms with Gasteiger partial charge in [0.1, 0.15) is 0 Å². The highest BCUT2D eigenvalue weighted by Crippen LogP contribution is 2.24. The quantitative estimate of drug-likeness (QED) is 0.307. The smallest absolute Gasteiger partial charge is 0.262 e. The van der Waals surface area contributed by atoms with E-state index in [1.807, 2.05) is 79.7 Å². The Morgan fingerprint density at radius 3 is 2.38 bits per heavy atom. The molecule has 0 spiro atoms. The number of nitrogens with one attached hydrogen (secondary N) is 1. The van der Waals surface area contributed by atoms with E-state index in [4.69, 9.17) is 11.6 Å². The number of amides is 1. The lowest BCUT2D eigenvalue weighted by molar-refractivity contribution is -0.119. The molecule has 1 aromatic heterocycles. The van der Waals surface area contributed by atoms with E-state index in [1.165, 1.54) is 11.8 Å². The van der Waals surface area contributed by atoms with Crippen molar-refractivity contribution in [1.29, 1.82) is 0 Å². The number of aromatic nitrogens is 2. The van der Waals surface area contributed by atoms with Gasteiger partial charge in [-0.15, -0.1) is 0 Å². The monoisotopic (exact) mass is 463 g/mol. The fourth-order valence-corrected chi connectivity index (χ4v) is 4.53. The number of carbonyl (C=O) groups excluding carboxylic acids is 1. The zero-order valence-electron chi connectivity index (χ0n) is 17.5. The molecule has 4 aromatic rings. The molecular weight excluding hydrogens is 442 g/mol. The number of rotatable bonds is 7. The van der Waals surface area contributed by atoms with Crippen LogP contribution in [0.5, 0.6) is 0 Å². The van der Waals surface area contributed by atoms with E-state index in [1.54, 1.807) is 10.6 Å². The molecule has 1 atom stereocenters. The Balaban J connectivity index is 1.55. The minimum absolute atomic E-state index is 0.0932. The lowest BCUT2D eigenvalue weighted by atomic mass is 9.99. The maximum absolute atomic E-state index is 12.9. The van der Waals surface area contributed by atoms with Gasteiger partial charge < -0.3 is 5.32 Å². The molecule has 32 heavy (non-hydrogen) atoms. The van der Waals surface area contributed by atoms with Crippen molar-refractivity contribution in [2.75, 3.05) is 5.75 Å². The normalized spacial score (nSPS) is 11.9. The number of para-hydroxylation sites is 1. The Bertz CT molecular complexity index is 1290. The van der Waals surface area contributed by atoms with E-state index in [0.717, 1.165) is 11.1 Å². The van der Waals surface area contributed by atoms with Crippen LogP contribution in [-0.4, -0.2) is 21.2 Å². The van der Waals surface area contributed by atoms with Gasteiger partial charge in [0, 0.05) is 11.6 Å².